The Hall–Kier alpha value is -4.03. The number of phenols is 1. The van der Waals surface area contributed by atoms with Gasteiger partial charge in [-0.15, -0.1) is 0 Å². The van der Waals surface area contributed by atoms with Gasteiger partial charge in [0.1, 0.15) is 22.6 Å². The maximum absolute atomic E-state index is 12.5. The molecule has 2 amide bonds. The molecule has 3 aromatic rings. The Labute approximate surface area is 206 Å². The van der Waals surface area contributed by atoms with Gasteiger partial charge in [-0.1, -0.05) is 35.5 Å². The van der Waals surface area contributed by atoms with Crippen LogP contribution in [0.25, 0.3) is 0 Å². The van der Waals surface area contributed by atoms with E-state index in [4.69, 9.17) is 11.6 Å². The van der Waals surface area contributed by atoms with E-state index in [1.165, 1.54) is 24.3 Å². The first-order valence-electron chi connectivity index (χ1n) is 10.1. The molecule has 1 aliphatic heterocycles. The van der Waals surface area contributed by atoms with E-state index in [2.05, 4.69) is 20.6 Å². The lowest BCUT2D eigenvalue weighted by atomic mass is 10.0. The van der Waals surface area contributed by atoms with Crippen molar-refractivity contribution in [3.8, 4) is 11.6 Å². The van der Waals surface area contributed by atoms with Crippen molar-refractivity contribution < 1.29 is 19.8 Å². The van der Waals surface area contributed by atoms with Gasteiger partial charge in [0.25, 0.3) is 5.56 Å². The fourth-order valence-corrected chi connectivity index (χ4v) is 4.45. The number of phenolic OH excluding ortho intramolecular Hbond substituents is 1. The van der Waals surface area contributed by atoms with E-state index < -0.39 is 40.2 Å². The Bertz CT molecular complexity index is 1420. The van der Waals surface area contributed by atoms with Crippen LogP contribution in [0.4, 0.5) is 5.69 Å². The van der Waals surface area contributed by atoms with Crippen molar-refractivity contribution in [2.45, 2.75) is 17.7 Å². The molecule has 0 saturated carbocycles. The lowest BCUT2D eigenvalue weighted by Crippen LogP contribution is -2.29. The van der Waals surface area contributed by atoms with Crippen LogP contribution in [0.15, 0.2) is 63.1 Å². The fourth-order valence-electron chi connectivity index (χ4n) is 3.33. The molecule has 4 rings (SSSR count). The number of aromatic hydroxyl groups is 2. The van der Waals surface area contributed by atoms with Gasteiger partial charge in [0.15, 0.2) is 5.17 Å². The third kappa shape index (κ3) is 5.73. The molecule has 35 heavy (non-hydrogen) atoms. The van der Waals surface area contributed by atoms with E-state index in [0.717, 1.165) is 11.8 Å². The number of nitrogens with one attached hydrogen (secondary N) is 4. The number of amidine groups is 1. The molecule has 180 valence electrons. The van der Waals surface area contributed by atoms with Gasteiger partial charge < -0.3 is 20.8 Å². The quantitative estimate of drug-likeness (QED) is 0.290. The summed E-state index contributed by atoms with van der Waals surface area (Å²) < 4.78 is 0. The van der Waals surface area contributed by atoms with Crippen LogP contribution in [0.5, 0.6) is 11.6 Å². The van der Waals surface area contributed by atoms with E-state index in [1.807, 2.05) is 4.98 Å². The molecule has 0 radical (unpaired) electrons. The van der Waals surface area contributed by atoms with Crippen LogP contribution in [-0.2, 0) is 9.59 Å². The highest BCUT2D eigenvalue weighted by atomic mass is 35.5. The zero-order valence-corrected chi connectivity index (χ0v) is 19.3. The summed E-state index contributed by atoms with van der Waals surface area (Å²) in [4.78, 5) is 57.4. The van der Waals surface area contributed by atoms with Crippen LogP contribution in [0.2, 0.25) is 5.02 Å². The number of hydrogen-bond donors (Lipinski definition) is 6. The number of hydrogen-bond acceptors (Lipinski definition) is 8. The van der Waals surface area contributed by atoms with Crippen molar-refractivity contribution >= 4 is 46.0 Å². The summed E-state index contributed by atoms with van der Waals surface area (Å²) >= 11 is 6.82. The van der Waals surface area contributed by atoms with Crippen molar-refractivity contribution in [3.63, 3.8) is 0 Å². The topological polar surface area (TPSA) is 177 Å². The molecule has 2 heterocycles. The molecule has 1 aromatic heterocycles. The lowest BCUT2D eigenvalue weighted by molar-refractivity contribution is -0.122. The van der Waals surface area contributed by atoms with Gasteiger partial charge in [-0.2, -0.15) is 0 Å². The number of H-pyrrole nitrogens is 2. The first-order chi connectivity index (χ1) is 16.7. The number of benzene rings is 2. The SMILES string of the molecule is O=C(C[C@@H]1SC(=N[C@@H](c2ccc(O)cc2)c2c(O)[nH]c(=O)[nH]c2=O)NC1=O)Nc1ccc(Cl)cc1. The molecule has 11 nitrogen and oxygen atoms in total. The van der Waals surface area contributed by atoms with E-state index in [1.54, 1.807) is 24.3 Å². The standard InChI is InChI=1S/C22H18ClN5O6S/c23-11-3-5-12(6-4-11)24-15(30)9-14-18(31)28-22(35-14)25-17(10-1-7-13(29)8-2-10)16-19(32)26-21(34)27-20(16)33/h1-8,14,17,29H,9H2,(H,24,30)(H,25,28,31)(H3,26,27,32,33,34)/t14-,17-/m0/s1. The molecule has 0 spiro atoms. The Morgan fingerprint density at radius 2 is 1.74 bits per heavy atom. The van der Waals surface area contributed by atoms with E-state index in [-0.39, 0.29) is 22.9 Å². The predicted molar refractivity (Wildman–Crippen MR) is 131 cm³/mol. The number of aliphatic imine (C=N–C) groups is 1. The summed E-state index contributed by atoms with van der Waals surface area (Å²) in [5.41, 5.74) is -1.12. The zero-order chi connectivity index (χ0) is 25.1. The molecular weight excluding hydrogens is 498 g/mol. The average Bonchev–Trinajstić information content (AvgIpc) is 3.13. The van der Waals surface area contributed by atoms with Crippen molar-refractivity contribution in [1.82, 2.24) is 15.3 Å². The summed E-state index contributed by atoms with van der Waals surface area (Å²) in [5.74, 6) is -1.57. The maximum Gasteiger partial charge on any atom is 0.328 e. The molecular formula is C22H18ClN5O6S. The fraction of sp³-hybridized carbons (Fsp3) is 0.136. The van der Waals surface area contributed by atoms with Crippen molar-refractivity contribution in [1.29, 1.82) is 0 Å². The smallest absolute Gasteiger partial charge is 0.328 e. The summed E-state index contributed by atoms with van der Waals surface area (Å²) in [6, 6.07) is 11.1. The minimum absolute atomic E-state index is 0.0324. The largest absolute Gasteiger partial charge is 0.508 e. The summed E-state index contributed by atoms with van der Waals surface area (Å²) in [6.07, 6.45) is -0.146. The number of halogens is 1. The highest BCUT2D eigenvalue weighted by molar-refractivity contribution is 8.15. The van der Waals surface area contributed by atoms with Crippen LogP contribution in [0.1, 0.15) is 23.6 Å². The monoisotopic (exact) mass is 515 g/mol. The Morgan fingerprint density at radius 3 is 2.40 bits per heavy atom. The number of thioether (sulfide) groups is 1. The number of amides is 2. The first-order valence-corrected chi connectivity index (χ1v) is 11.4. The van der Waals surface area contributed by atoms with E-state index in [9.17, 15) is 29.4 Å². The van der Waals surface area contributed by atoms with Gasteiger partial charge in [-0.05, 0) is 42.0 Å². The molecule has 6 N–H and O–H groups in total. The van der Waals surface area contributed by atoms with Gasteiger partial charge in [0.2, 0.25) is 17.7 Å². The highest BCUT2D eigenvalue weighted by Gasteiger charge is 2.33. The van der Waals surface area contributed by atoms with Crippen LogP contribution in [0.3, 0.4) is 0 Å². The number of carbonyl (C=O) groups is 2. The van der Waals surface area contributed by atoms with Gasteiger partial charge in [-0.3, -0.25) is 24.4 Å². The summed E-state index contributed by atoms with van der Waals surface area (Å²) in [7, 11) is 0. The second kappa shape index (κ2) is 10.1. The Balaban J connectivity index is 1.58. The van der Waals surface area contributed by atoms with Crippen molar-refractivity contribution in [3.05, 3.63) is 85.5 Å². The van der Waals surface area contributed by atoms with Gasteiger partial charge in [-0.25, -0.2) is 9.79 Å². The number of carbonyl (C=O) groups excluding carboxylic acids is 2. The molecule has 1 aliphatic rings. The number of rotatable bonds is 6. The van der Waals surface area contributed by atoms with Gasteiger partial charge in [0.05, 0.1) is 0 Å². The maximum atomic E-state index is 12.5. The van der Waals surface area contributed by atoms with E-state index in [0.29, 0.717) is 16.3 Å². The Kier molecular flexibility index (Phi) is 6.94. The second-order valence-electron chi connectivity index (χ2n) is 7.45. The minimum Gasteiger partial charge on any atom is -0.508 e. The molecule has 1 fully saturated rings. The summed E-state index contributed by atoms with van der Waals surface area (Å²) in [5, 5.41) is 25.0. The number of nitrogens with zero attached hydrogens (tertiary/aromatic N) is 1. The molecule has 2 aromatic carbocycles. The molecule has 2 atom stereocenters. The van der Waals surface area contributed by atoms with Gasteiger partial charge in [0, 0.05) is 17.1 Å². The first kappa shape index (κ1) is 24.1. The molecule has 0 aliphatic carbocycles. The van der Waals surface area contributed by atoms with Crippen molar-refractivity contribution in [2.75, 3.05) is 5.32 Å². The third-order valence-corrected chi connectivity index (χ3v) is 6.31. The van der Waals surface area contributed by atoms with Crippen LogP contribution in [-0.4, -0.2) is 42.4 Å². The number of aromatic nitrogens is 2. The lowest BCUT2D eigenvalue weighted by Gasteiger charge is -2.14. The Morgan fingerprint density at radius 1 is 1.06 bits per heavy atom. The molecule has 0 unspecified atom stereocenters. The molecule has 1 saturated heterocycles. The molecule has 0 bridgehead atoms. The third-order valence-electron chi connectivity index (χ3n) is 4.96. The highest BCUT2D eigenvalue weighted by Crippen LogP contribution is 2.32. The van der Waals surface area contributed by atoms with Crippen molar-refractivity contribution in [2.24, 2.45) is 4.99 Å². The van der Waals surface area contributed by atoms with E-state index >= 15 is 0 Å². The zero-order valence-electron chi connectivity index (χ0n) is 17.7. The average molecular weight is 516 g/mol. The normalized spacial score (nSPS) is 17.2. The molecule has 13 heteroatoms. The minimum atomic E-state index is -1.14. The summed E-state index contributed by atoms with van der Waals surface area (Å²) in [6.45, 7) is 0. The number of anilines is 1. The van der Waals surface area contributed by atoms with Gasteiger partial charge >= 0.3 is 5.69 Å². The van der Waals surface area contributed by atoms with Crippen LogP contribution < -0.4 is 21.9 Å². The van der Waals surface area contributed by atoms with Crippen LogP contribution in [0, 0.1) is 0 Å². The second-order valence-corrected chi connectivity index (χ2v) is 9.08. The van der Waals surface area contributed by atoms with Crippen LogP contribution >= 0.6 is 23.4 Å². The number of aromatic amines is 2. The predicted octanol–water partition coefficient (Wildman–Crippen LogP) is 1.83.